The molecule has 0 aliphatic heterocycles. The molecule has 1 aliphatic rings. The first kappa shape index (κ1) is 7.48. The van der Waals surface area contributed by atoms with Gasteiger partial charge in [0.15, 0.2) is 0 Å². The lowest BCUT2D eigenvalue weighted by atomic mass is 10.0. The molecule has 0 radical (unpaired) electrons. The Kier molecular flexibility index (Phi) is 2.63. The van der Waals surface area contributed by atoms with Crippen LogP contribution in [0.1, 0.15) is 19.3 Å². The van der Waals surface area contributed by atoms with Crippen LogP contribution in [-0.2, 0) is 4.74 Å². The summed E-state index contributed by atoms with van der Waals surface area (Å²) in [5, 5.41) is 0. The number of aliphatic imine (C=N–C) groups is 1. The highest BCUT2D eigenvalue weighted by molar-refractivity contribution is 5.30. The summed E-state index contributed by atoms with van der Waals surface area (Å²) in [4.78, 5) is 3.89. The average molecular weight is 139 g/mol. The Bertz CT molecular complexity index is 151. The van der Waals surface area contributed by atoms with Crippen molar-refractivity contribution in [3.8, 4) is 0 Å². The first-order valence-corrected chi connectivity index (χ1v) is 3.58. The number of hydrogen-bond donors (Lipinski definition) is 0. The normalized spacial score (nSPS) is 25.7. The number of nitrogens with zero attached hydrogens (tertiary/aromatic N) is 1. The van der Waals surface area contributed by atoms with E-state index >= 15 is 0 Å². The predicted octanol–water partition coefficient (Wildman–Crippen LogP) is 1.77. The Hall–Kier alpha value is -0.630. The highest BCUT2D eigenvalue weighted by Crippen LogP contribution is 2.20. The van der Waals surface area contributed by atoms with Gasteiger partial charge in [-0.3, -0.25) is 4.99 Å². The zero-order chi connectivity index (χ0) is 7.40. The fraction of sp³-hybridized carbons (Fsp3) is 0.625. The van der Waals surface area contributed by atoms with Crippen LogP contribution in [0, 0.1) is 0 Å². The van der Waals surface area contributed by atoms with E-state index in [0.717, 1.165) is 18.5 Å². The van der Waals surface area contributed by atoms with Gasteiger partial charge in [0.25, 0.3) is 0 Å². The molecule has 10 heavy (non-hydrogen) atoms. The quantitative estimate of drug-likeness (QED) is 0.534. The van der Waals surface area contributed by atoms with E-state index in [1.165, 1.54) is 6.42 Å². The molecule has 1 aliphatic carbocycles. The SMILES string of the molecule is C=NC1=CCCCC1OC. The molecule has 1 rings (SSSR count). The number of ether oxygens (including phenoxy) is 1. The third-order valence-electron chi connectivity index (χ3n) is 1.82. The van der Waals surface area contributed by atoms with Crippen LogP contribution in [0.15, 0.2) is 16.8 Å². The van der Waals surface area contributed by atoms with E-state index in [1.54, 1.807) is 7.11 Å². The summed E-state index contributed by atoms with van der Waals surface area (Å²) >= 11 is 0. The molecule has 0 heterocycles. The van der Waals surface area contributed by atoms with Crippen LogP contribution in [0.3, 0.4) is 0 Å². The summed E-state index contributed by atoms with van der Waals surface area (Å²) in [5.74, 6) is 0. The van der Waals surface area contributed by atoms with E-state index in [-0.39, 0.29) is 6.10 Å². The largest absolute Gasteiger partial charge is 0.375 e. The zero-order valence-electron chi connectivity index (χ0n) is 6.34. The van der Waals surface area contributed by atoms with Gasteiger partial charge in [0.1, 0.15) is 0 Å². The fourth-order valence-electron chi connectivity index (χ4n) is 1.24. The second kappa shape index (κ2) is 3.52. The first-order chi connectivity index (χ1) is 4.88. The molecular weight excluding hydrogens is 126 g/mol. The third kappa shape index (κ3) is 1.45. The van der Waals surface area contributed by atoms with Crippen molar-refractivity contribution >= 4 is 6.72 Å². The maximum absolute atomic E-state index is 5.19. The highest BCUT2D eigenvalue weighted by Gasteiger charge is 2.14. The molecule has 0 fully saturated rings. The highest BCUT2D eigenvalue weighted by atomic mass is 16.5. The van der Waals surface area contributed by atoms with Gasteiger partial charge in [-0.15, -0.1) is 0 Å². The van der Waals surface area contributed by atoms with Crippen molar-refractivity contribution in [3.05, 3.63) is 11.8 Å². The number of methoxy groups -OCH3 is 1. The maximum Gasteiger partial charge on any atom is 0.0987 e. The molecule has 56 valence electrons. The molecule has 0 amide bonds. The smallest absolute Gasteiger partial charge is 0.0987 e. The van der Waals surface area contributed by atoms with Gasteiger partial charge in [0.2, 0.25) is 0 Å². The summed E-state index contributed by atoms with van der Waals surface area (Å²) in [6.45, 7) is 3.48. The topological polar surface area (TPSA) is 21.6 Å². The van der Waals surface area contributed by atoms with Gasteiger partial charge in [0, 0.05) is 7.11 Å². The summed E-state index contributed by atoms with van der Waals surface area (Å²) in [6, 6.07) is 0. The van der Waals surface area contributed by atoms with E-state index in [1.807, 2.05) is 0 Å². The number of allylic oxidation sites excluding steroid dienone is 1. The fourth-order valence-corrected chi connectivity index (χ4v) is 1.24. The lowest BCUT2D eigenvalue weighted by Gasteiger charge is -2.18. The molecule has 2 nitrogen and oxygen atoms in total. The standard InChI is InChI=1S/C8H13NO/c1-9-7-5-3-4-6-8(7)10-2/h5,8H,1,3-4,6H2,2H3. The van der Waals surface area contributed by atoms with Crippen LogP contribution < -0.4 is 0 Å². The lowest BCUT2D eigenvalue weighted by Crippen LogP contribution is -2.15. The molecule has 0 aromatic heterocycles. The molecule has 1 atom stereocenters. The summed E-state index contributed by atoms with van der Waals surface area (Å²) in [6.07, 6.45) is 5.71. The summed E-state index contributed by atoms with van der Waals surface area (Å²) in [5.41, 5.74) is 1.01. The van der Waals surface area contributed by atoms with Crippen molar-refractivity contribution in [2.45, 2.75) is 25.4 Å². The van der Waals surface area contributed by atoms with Crippen molar-refractivity contribution in [1.82, 2.24) is 0 Å². The molecule has 0 bridgehead atoms. The van der Waals surface area contributed by atoms with E-state index in [4.69, 9.17) is 4.74 Å². The Morgan fingerprint density at radius 2 is 2.60 bits per heavy atom. The van der Waals surface area contributed by atoms with Crippen LogP contribution in [0.25, 0.3) is 0 Å². The first-order valence-electron chi connectivity index (χ1n) is 3.58. The van der Waals surface area contributed by atoms with Crippen molar-refractivity contribution in [2.75, 3.05) is 7.11 Å². The van der Waals surface area contributed by atoms with Crippen LogP contribution in [-0.4, -0.2) is 19.9 Å². The Morgan fingerprint density at radius 1 is 1.80 bits per heavy atom. The van der Waals surface area contributed by atoms with Gasteiger partial charge in [-0.2, -0.15) is 0 Å². The third-order valence-corrected chi connectivity index (χ3v) is 1.82. The van der Waals surface area contributed by atoms with Gasteiger partial charge < -0.3 is 4.74 Å². The van der Waals surface area contributed by atoms with Crippen molar-refractivity contribution in [3.63, 3.8) is 0 Å². The minimum absolute atomic E-state index is 0.200. The van der Waals surface area contributed by atoms with Gasteiger partial charge in [-0.1, -0.05) is 6.08 Å². The molecule has 0 spiro atoms. The van der Waals surface area contributed by atoms with Crippen LogP contribution in [0.5, 0.6) is 0 Å². The molecule has 0 aromatic carbocycles. The minimum Gasteiger partial charge on any atom is -0.375 e. The Morgan fingerprint density at radius 3 is 3.10 bits per heavy atom. The average Bonchev–Trinajstić information content (AvgIpc) is 2.04. The van der Waals surface area contributed by atoms with E-state index in [2.05, 4.69) is 17.8 Å². The Labute approximate surface area is 61.6 Å². The zero-order valence-corrected chi connectivity index (χ0v) is 6.34. The molecule has 2 heteroatoms. The van der Waals surface area contributed by atoms with Crippen molar-refractivity contribution in [1.29, 1.82) is 0 Å². The molecule has 0 saturated carbocycles. The number of rotatable bonds is 2. The van der Waals surface area contributed by atoms with Crippen molar-refractivity contribution < 1.29 is 4.74 Å². The second-order valence-electron chi connectivity index (χ2n) is 2.44. The van der Waals surface area contributed by atoms with Crippen LogP contribution >= 0.6 is 0 Å². The van der Waals surface area contributed by atoms with Gasteiger partial charge in [0.05, 0.1) is 11.8 Å². The monoisotopic (exact) mass is 139 g/mol. The Balaban J connectivity index is 2.62. The molecule has 1 unspecified atom stereocenters. The summed E-state index contributed by atoms with van der Waals surface area (Å²) < 4.78 is 5.19. The van der Waals surface area contributed by atoms with E-state index in [9.17, 15) is 0 Å². The molecular formula is C8H13NO. The maximum atomic E-state index is 5.19. The van der Waals surface area contributed by atoms with Gasteiger partial charge >= 0.3 is 0 Å². The van der Waals surface area contributed by atoms with E-state index in [0.29, 0.717) is 0 Å². The number of hydrogen-bond acceptors (Lipinski definition) is 2. The van der Waals surface area contributed by atoms with Gasteiger partial charge in [-0.05, 0) is 26.0 Å². The predicted molar refractivity (Wildman–Crippen MR) is 42.3 cm³/mol. The van der Waals surface area contributed by atoms with Gasteiger partial charge in [-0.25, -0.2) is 0 Å². The summed E-state index contributed by atoms with van der Waals surface area (Å²) in [7, 11) is 1.72. The minimum atomic E-state index is 0.200. The molecule has 0 aromatic rings. The lowest BCUT2D eigenvalue weighted by molar-refractivity contribution is 0.117. The van der Waals surface area contributed by atoms with E-state index < -0.39 is 0 Å². The molecule has 0 N–H and O–H groups in total. The van der Waals surface area contributed by atoms with Crippen molar-refractivity contribution in [2.24, 2.45) is 4.99 Å². The van der Waals surface area contributed by atoms with Crippen LogP contribution in [0.2, 0.25) is 0 Å². The molecule has 0 saturated heterocycles. The van der Waals surface area contributed by atoms with Crippen LogP contribution in [0.4, 0.5) is 0 Å². The second-order valence-corrected chi connectivity index (χ2v) is 2.44.